The summed E-state index contributed by atoms with van der Waals surface area (Å²) in [6, 6.07) is 1.94. The Morgan fingerprint density at radius 3 is 2.18 bits per heavy atom. The minimum atomic E-state index is -0.368. The maximum Gasteiger partial charge on any atom is 0.179 e. The average Bonchev–Trinajstić information content (AvgIpc) is 2.40. The van der Waals surface area contributed by atoms with Crippen LogP contribution >= 0.6 is 22.9 Å². The Labute approximate surface area is 113 Å². The number of carbonyl (C=O) groups is 1. The van der Waals surface area contributed by atoms with Crippen LogP contribution in [0.3, 0.4) is 0 Å². The van der Waals surface area contributed by atoms with E-state index < -0.39 is 0 Å². The third kappa shape index (κ3) is 4.11. The van der Waals surface area contributed by atoms with Crippen molar-refractivity contribution >= 4 is 28.7 Å². The summed E-state index contributed by atoms with van der Waals surface area (Å²) in [5.74, 6) is 0.132. The Kier molecular flexibility index (Phi) is 4.10. The first-order valence-corrected chi connectivity index (χ1v) is 7.03. The molecule has 96 valence electrons. The predicted molar refractivity (Wildman–Crippen MR) is 76.3 cm³/mol. The summed E-state index contributed by atoms with van der Waals surface area (Å²) in [6.45, 7) is 12.3. The van der Waals surface area contributed by atoms with Gasteiger partial charge in [-0.15, -0.1) is 11.3 Å². The minimum absolute atomic E-state index is 0.132. The first-order valence-electron chi connectivity index (χ1n) is 5.84. The van der Waals surface area contributed by atoms with E-state index in [0.29, 0.717) is 9.90 Å². The van der Waals surface area contributed by atoms with Crippen molar-refractivity contribution in [3.05, 3.63) is 20.8 Å². The Morgan fingerprint density at radius 1 is 1.24 bits per heavy atom. The van der Waals surface area contributed by atoms with E-state index in [4.69, 9.17) is 11.6 Å². The van der Waals surface area contributed by atoms with Crippen LogP contribution in [-0.2, 0) is 6.42 Å². The Balaban J connectivity index is 3.01. The van der Waals surface area contributed by atoms with Gasteiger partial charge in [-0.25, -0.2) is 0 Å². The van der Waals surface area contributed by atoms with Crippen molar-refractivity contribution in [3.8, 4) is 0 Å². The molecule has 0 fully saturated rings. The largest absolute Gasteiger partial charge is 0.293 e. The molecule has 1 nitrogen and oxygen atoms in total. The fraction of sp³-hybridized carbons (Fsp3) is 0.643. The maximum atomic E-state index is 12.2. The zero-order valence-corrected chi connectivity index (χ0v) is 13.1. The highest BCUT2D eigenvalue weighted by molar-refractivity contribution is 7.14. The van der Waals surface area contributed by atoms with Crippen LogP contribution in [0, 0.1) is 10.8 Å². The second-order valence-electron chi connectivity index (χ2n) is 6.71. The standard InChI is InChI=1S/C14H21ClOS/c1-13(2,3)8-9-7-10(15)11(17-9)12(16)14(4,5)6/h7H,8H2,1-6H3. The zero-order chi connectivity index (χ0) is 13.4. The first-order chi connectivity index (χ1) is 7.50. The van der Waals surface area contributed by atoms with Gasteiger partial charge in [0.15, 0.2) is 5.78 Å². The van der Waals surface area contributed by atoms with Gasteiger partial charge in [-0.3, -0.25) is 4.79 Å². The fourth-order valence-electron chi connectivity index (χ4n) is 1.52. The molecule has 1 aromatic rings. The van der Waals surface area contributed by atoms with E-state index >= 15 is 0 Å². The van der Waals surface area contributed by atoms with E-state index in [1.165, 1.54) is 16.2 Å². The van der Waals surface area contributed by atoms with E-state index in [9.17, 15) is 4.79 Å². The minimum Gasteiger partial charge on any atom is -0.293 e. The van der Waals surface area contributed by atoms with Gasteiger partial charge in [0.05, 0.1) is 9.90 Å². The smallest absolute Gasteiger partial charge is 0.179 e. The fourth-order valence-corrected chi connectivity index (χ4v) is 3.42. The molecule has 1 aromatic heterocycles. The quantitative estimate of drug-likeness (QED) is 0.675. The summed E-state index contributed by atoms with van der Waals surface area (Å²) in [6.07, 6.45) is 0.953. The van der Waals surface area contributed by atoms with Crippen molar-refractivity contribution in [1.82, 2.24) is 0 Å². The van der Waals surface area contributed by atoms with Crippen LogP contribution in [0.1, 0.15) is 56.1 Å². The van der Waals surface area contributed by atoms with Crippen LogP contribution in [0.4, 0.5) is 0 Å². The molecule has 0 aliphatic rings. The number of ketones is 1. The van der Waals surface area contributed by atoms with Crippen LogP contribution < -0.4 is 0 Å². The second-order valence-corrected chi connectivity index (χ2v) is 8.25. The van der Waals surface area contributed by atoms with Gasteiger partial charge in [0.25, 0.3) is 0 Å². The lowest BCUT2D eigenvalue weighted by molar-refractivity contribution is 0.0863. The first kappa shape index (κ1) is 14.7. The summed E-state index contributed by atoms with van der Waals surface area (Å²) in [7, 11) is 0. The molecular weight excluding hydrogens is 252 g/mol. The Morgan fingerprint density at radius 2 is 1.76 bits per heavy atom. The molecular formula is C14H21ClOS. The topological polar surface area (TPSA) is 17.1 Å². The molecule has 1 rings (SSSR count). The molecule has 0 amide bonds. The van der Waals surface area contributed by atoms with Crippen molar-refractivity contribution in [3.63, 3.8) is 0 Å². The maximum absolute atomic E-state index is 12.2. The van der Waals surface area contributed by atoms with Crippen LogP contribution in [-0.4, -0.2) is 5.78 Å². The van der Waals surface area contributed by atoms with Gasteiger partial charge in [0.2, 0.25) is 0 Å². The van der Waals surface area contributed by atoms with Gasteiger partial charge < -0.3 is 0 Å². The lowest BCUT2D eigenvalue weighted by Gasteiger charge is -2.16. The molecule has 0 aromatic carbocycles. The summed E-state index contributed by atoms with van der Waals surface area (Å²) in [4.78, 5) is 14.1. The van der Waals surface area contributed by atoms with Gasteiger partial charge in [-0.1, -0.05) is 53.1 Å². The summed E-state index contributed by atoms with van der Waals surface area (Å²) < 4.78 is 0. The zero-order valence-electron chi connectivity index (χ0n) is 11.5. The van der Waals surface area contributed by atoms with Crippen LogP contribution in [0.15, 0.2) is 6.07 Å². The van der Waals surface area contributed by atoms with Crippen LogP contribution in [0.5, 0.6) is 0 Å². The van der Waals surface area contributed by atoms with Gasteiger partial charge >= 0.3 is 0 Å². The number of halogens is 1. The number of thiophene rings is 1. The number of Topliss-reactive ketones (excluding diaryl/α,β-unsaturated/α-hetero) is 1. The number of carbonyl (C=O) groups excluding carboxylic acids is 1. The van der Waals surface area contributed by atoms with E-state index in [0.717, 1.165) is 6.42 Å². The van der Waals surface area contributed by atoms with E-state index in [1.54, 1.807) is 0 Å². The Hall–Kier alpha value is -0.340. The van der Waals surface area contributed by atoms with Crippen LogP contribution in [0.2, 0.25) is 5.02 Å². The SMILES string of the molecule is CC(C)(C)Cc1cc(Cl)c(C(=O)C(C)(C)C)s1. The molecule has 0 bridgehead atoms. The van der Waals surface area contributed by atoms with Crippen molar-refractivity contribution in [2.45, 2.75) is 48.0 Å². The van der Waals surface area contributed by atoms with Crippen molar-refractivity contribution in [1.29, 1.82) is 0 Å². The number of rotatable bonds is 2. The van der Waals surface area contributed by atoms with Gasteiger partial charge in [-0.05, 0) is 17.9 Å². The molecule has 0 unspecified atom stereocenters. The van der Waals surface area contributed by atoms with Gasteiger partial charge in [0, 0.05) is 10.3 Å². The highest BCUT2D eigenvalue weighted by Gasteiger charge is 2.27. The van der Waals surface area contributed by atoms with Crippen molar-refractivity contribution in [2.24, 2.45) is 10.8 Å². The third-order valence-corrected chi connectivity index (χ3v) is 3.87. The molecule has 17 heavy (non-hydrogen) atoms. The van der Waals surface area contributed by atoms with Gasteiger partial charge in [-0.2, -0.15) is 0 Å². The monoisotopic (exact) mass is 272 g/mol. The molecule has 0 N–H and O–H groups in total. The number of hydrogen-bond acceptors (Lipinski definition) is 2. The summed E-state index contributed by atoms with van der Waals surface area (Å²) in [5.41, 5.74) is -0.149. The second kappa shape index (κ2) is 4.74. The molecule has 0 spiro atoms. The molecule has 1 heterocycles. The van der Waals surface area contributed by atoms with Crippen LogP contribution in [0.25, 0.3) is 0 Å². The molecule has 0 aliphatic carbocycles. The number of hydrogen-bond donors (Lipinski definition) is 0. The molecule has 0 radical (unpaired) electrons. The molecule has 0 aliphatic heterocycles. The summed E-state index contributed by atoms with van der Waals surface area (Å²) >= 11 is 7.70. The lowest BCUT2D eigenvalue weighted by Crippen LogP contribution is -2.19. The normalized spacial score (nSPS) is 12.9. The van der Waals surface area contributed by atoms with Gasteiger partial charge in [0.1, 0.15) is 0 Å². The molecule has 3 heteroatoms. The molecule has 0 saturated heterocycles. The van der Waals surface area contributed by atoms with E-state index in [1.807, 2.05) is 26.8 Å². The highest BCUT2D eigenvalue weighted by Crippen LogP contribution is 2.35. The van der Waals surface area contributed by atoms with Crippen molar-refractivity contribution in [2.75, 3.05) is 0 Å². The van der Waals surface area contributed by atoms with E-state index in [-0.39, 0.29) is 16.6 Å². The molecule has 0 saturated carbocycles. The van der Waals surface area contributed by atoms with E-state index in [2.05, 4.69) is 20.8 Å². The third-order valence-electron chi connectivity index (χ3n) is 2.33. The highest BCUT2D eigenvalue weighted by atomic mass is 35.5. The lowest BCUT2D eigenvalue weighted by atomic mass is 9.90. The van der Waals surface area contributed by atoms with Crippen molar-refractivity contribution < 1.29 is 4.79 Å². The predicted octanol–water partition coefficient (Wildman–Crippen LogP) is 5.22. The summed E-state index contributed by atoms with van der Waals surface area (Å²) in [5, 5.41) is 0.606. The average molecular weight is 273 g/mol. The Bertz CT molecular complexity index is 418. The molecule has 0 atom stereocenters.